The Kier molecular flexibility index (Phi) is 4.84. The maximum absolute atomic E-state index is 13.3. The molecule has 0 N–H and O–H groups in total. The van der Waals surface area contributed by atoms with Crippen molar-refractivity contribution in [3.8, 4) is 5.75 Å². The lowest BCUT2D eigenvalue weighted by Crippen LogP contribution is -2.36. The number of hydrogen-bond acceptors (Lipinski definition) is 4. The third-order valence-corrected chi connectivity index (χ3v) is 5.28. The maximum Gasteiger partial charge on any atom is 0.343 e. The molecule has 2 aromatic rings. The summed E-state index contributed by atoms with van der Waals surface area (Å²) < 4.78 is 10.0. The molecule has 0 spiro atoms. The van der Waals surface area contributed by atoms with Crippen LogP contribution in [-0.4, -0.2) is 36.5 Å². The van der Waals surface area contributed by atoms with Crippen LogP contribution in [0.3, 0.4) is 0 Å². The second-order valence-electron chi connectivity index (χ2n) is 7.09. The minimum atomic E-state index is -0.450. The molecule has 5 nitrogen and oxygen atoms in total. The lowest BCUT2D eigenvalue weighted by Gasteiger charge is -2.30. The fourth-order valence-electron chi connectivity index (χ4n) is 3.81. The normalized spacial score (nSPS) is 17.9. The number of hydrogen-bond donors (Lipinski definition) is 0. The van der Waals surface area contributed by atoms with Crippen LogP contribution in [0.5, 0.6) is 5.75 Å². The number of carbonyl (C=O) groups excluding carboxylic acids is 2. The molecular weight excluding hydrogens is 342 g/mol. The molecule has 1 unspecified atom stereocenters. The van der Waals surface area contributed by atoms with E-state index in [1.54, 1.807) is 18.2 Å². The Morgan fingerprint density at radius 2 is 1.89 bits per heavy atom. The first-order valence-electron chi connectivity index (χ1n) is 9.37. The molecule has 5 heteroatoms. The van der Waals surface area contributed by atoms with Gasteiger partial charge in [-0.05, 0) is 55.0 Å². The van der Waals surface area contributed by atoms with Gasteiger partial charge in [-0.25, -0.2) is 4.79 Å². The zero-order valence-corrected chi connectivity index (χ0v) is 15.4. The van der Waals surface area contributed by atoms with Gasteiger partial charge in [-0.15, -0.1) is 0 Å². The molecule has 0 aliphatic heterocycles. The minimum absolute atomic E-state index is 0.0303. The van der Waals surface area contributed by atoms with E-state index in [1.807, 2.05) is 12.1 Å². The summed E-state index contributed by atoms with van der Waals surface area (Å²) in [6, 6.07) is 15.9. The van der Waals surface area contributed by atoms with Crippen LogP contribution in [0.4, 0.5) is 0 Å². The van der Waals surface area contributed by atoms with Gasteiger partial charge < -0.3 is 14.4 Å². The molecule has 0 bridgehead atoms. The molecule has 1 atom stereocenters. The number of rotatable bonds is 6. The van der Waals surface area contributed by atoms with Gasteiger partial charge in [-0.2, -0.15) is 0 Å². The van der Waals surface area contributed by atoms with Crippen molar-refractivity contribution >= 4 is 11.9 Å². The smallest absolute Gasteiger partial charge is 0.343 e. The number of carbonyl (C=O) groups is 2. The standard InChI is InChI=1S/C22H23NO4/c1-26-21(24)14-27-18-7-4-6-16(13-18)22(25)23(17-10-11-17)20-12-9-15-5-2-3-8-19(15)20/h2-8,13,17,20H,9-12,14H2,1H3. The summed E-state index contributed by atoms with van der Waals surface area (Å²) in [4.78, 5) is 26.7. The summed E-state index contributed by atoms with van der Waals surface area (Å²) in [7, 11) is 1.32. The number of amides is 1. The Labute approximate surface area is 158 Å². The van der Waals surface area contributed by atoms with Crippen LogP contribution in [-0.2, 0) is 16.0 Å². The first kappa shape index (κ1) is 17.6. The summed E-state index contributed by atoms with van der Waals surface area (Å²) >= 11 is 0. The molecule has 1 amide bonds. The van der Waals surface area contributed by atoms with Crippen LogP contribution in [0.2, 0.25) is 0 Å². The number of esters is 1. The number of benzene rings is 2. The Morgan fingerprint density at radius 1 is 1.07 bits per heavy atom. The highest BCUT2D eigenvalue weighted by atomic mass is 16.6. The summed E-state index contributed by atoms with van der Waals surface area (Å²) in [5, 5.41) is 0. The van der Waals surface area contributed by atoms with Crippen molar-refractivity contribution in [1.82, 2.24) is 4.90 Å². The van der Waals surface area contributed by atoms with Crippen LogP contribution in [0, 0.1) is 0 Å². The Bertz CT molecular complexity index is 859. The second kappa shape index (κ2) is 7.43. The molecule has 1 saturated carbocycles. The van der Waals surface area contributed by atoms with Gasteiger partial charge in [-0.1, -0.05) is 30.3 Å². The van der Waals surface area contributed by atoms with Crippen LogP contribution < -0.4 is 4.74 Å². The van der Waals surface area contributed by atoms with Crippen molar-refractivity contribution in [2.24, 2.45) is 0 Å². The van der Waals surface area contributed by atoms with Crippen molar-refractivity contribution in [3.63, 3.8) is 0 Å². The van der Waals surface area contributed by atoms with E-state index in [0.717, 1.165) is 25.7 Å². The topological polar surface area (TPSA) is 55.8 Å². The molecule has 140 valence electrons. The predicted octanol–water partition coefficient (Wildman–Crippen LogP) is 3.53. The molecule has 0 aromatic heterocycles. The van der Waals surface area contributed by atoms with Gasteiger partial charge in [0.1, 0.15) is 5.75 Å². The van der Waals surface area contributed by atoms with Crippen LogP contribution in [0.25, 0.3) is 0 Å². The van der Waals surface area contributed by atoms with E-state index in [2.05, 4.69) is 27.8 Å². The molecule has 0 radical (unpaired) electrons. The first-order chi connectivity index (χ1) is 13.2. The van der Waals surface area contributed by atoms with Crippen molar-refractivity contribution in [2.45, 2.75) is 37.8 Å². The molecule has 4 rings (SSSR count). The van der Waals surface area contributed by atoms with E-state index >= 15 is 0 Å². The summed E-state index contributed by atoms with van der Waals surface area (Å²) in [5.74, 6) is 0.0745. The summed E-state index contributed by atoms with van der Waals surface area (Å²) in [5.41, 5.74) is 3.21. The van der Waals surface area contributed by atoms with Gasteiger partial charge >= 0.3 is 5.97 Å². The number of aryl methyl sites for hydroxylation is 1. The molecule has 0 heterocycles. The predicted molar refractivity (Wildman–Crippen MR) is 101 cm³/mol. The lowest BCUT2D eigenvalue weighted by molar-refractivity contribution is -0.142. The average Bonchev–Trinajstić information content (AvgIpc) is 3.46. The summed E-state index contributed by atoms with van der Waals surface area (Å²) in [6.07, 6.45) is 4.10. The molecule has 2 aromatic carbocycles. The lowest BCUT2D eigenvalue weighted by atomic mass is 10.0. The van der Waals surface area contributed by atoms with Crippen molar-refractivity contribution in [1.29, 1.82) is 0 Å². The zero-order valence-electron chi connectivity index (χ0n) is 15.4. The van der Waals surface area contributed by atoms with E-state index in [1.165, 1.54) is 18.2 Å². The van der Waals surface area contributed by atoms with Crippen molar-refractivity contribution in [2.75, 3.05) is 13.7 Å². The van der Waals surface area contributed by atoms with E-state index in [-0.39, 0.29) is 18.6 Å². The third kappa shape index (κ3) is 3.68. The molecule has 1 fully saturated rings. The van der Waals surface area contributed by atoms with Crippen LogP contribution >= 0.6 is 0 Å². The number of nitrogens with zero attached hydrogens (tertiary/aromatic N) is 1. The number of methoxy groups -OCH3 is 1. The fourth-order valence-corrected chi connectivity index (χ4v) is 3.81. The highest BCUT2D eigenvalue weighted by molar-refractivity contribution is 5.95. The van der Waals surface area contributed by atoms with Gasteiger partial charge in [-0.3, -0.25) is 4.79 Å². The van der Waals surface area contributed by atoms with Gasteiger partial charge in [0.05, 0.1) is 13.2 Å². The molecular formula is C22H23NO4. The SMILES string of the molecule is COC(=O)COc1cccc(C(=O)N(C2CC2)C2CCc3ccccc32)c1. The zero-order chi connectivity index (χ0) is 18.8. The van der Waals surface area contributed by atoms with E-state index in [9.17, 15) is 9.59 Å². The average molecular weight is 365 g/mol. The van der Waals surface area contributed by atoms with Crippen molar-refractivity contribution < 1.29 is 19.1 Å². The Morgan fingerprint density at radius 3 is 2.67 bits per heavy atom. The minimum Gasteiger partial charge on any atom is -0.482 e. The fraction of sp³-hybridized carbons (Fsp3) is 0.364. The van der Waals surface area contributed by atoms with Gasteiger partial charge in [0.15, 0.2) is 6.61 Å². The van der Waals surface area contributed by atoms with Gasteiger partial charge in [0, 0.05) is 11.6 Å². The van der Waals surface area contributed by atoms with E-state index in [4.69, 9.17) is 4.74 Å². The molecule has 27 heavy (non-hydrogen) atoms. The van der Waals surface area contributed by atoms with Crippen LogP contribution in [0.15, 0.2) is 48.5 Å². The highest BCUT2D eigenvalue weighted by Crippen LogP contribution is 2.42. The van der Waals surface area contributed by atoms with Gasteiger partial charge in [0.2, 0.25) is 0 Å². The molecule has 2 aliphatic carbocycles. The first-order valence-corrected chi connectivity index (χ1v) is 9.37. The summed E-state index contributed by atoms with van der Waals surface area (Å²) in [6.45, 7) is -0.170. The largest absolute Gasteiger partial charge is 0.482 e. The van der Waals surface area contributed by atoms with Gasteiger partial charge in [0.25, 0.3) is 5.91 Å². The third-order valence-electron chi connectivity index (χ3n) is 5.28. The van der Waals surface area contributed by atoms with E-state index in [0.29, 0.717) is 17.4 Å². The quantitative estimate of drug-likeness (QED) is 0.735. The molecule has 2 aliphatic rings. The number of fused-ring (bicyclic) bond motifs is 1. The highest BCUT2D eigenvalue weighted by Gasteiger charge is 2.40. The van der Waals surface area contributed by atoms with E-state index < -0.39 is 5.97 Å². The monoisotopic (exact) mass is 365 g/mol. The Balaban J connectivity index is 1.56. The van der Waals surface area contributed by atoms with Crippen molar-refractivity contribution in [3.05, 3.63) is 65.2 Å². The Hall–Kier alpha value is -2.82. The maximum atomic E-state index is 13.3. The molecule has 0 saturated heterocycles. The second-order valence-corrected chi connectivity index (χ2v) is 7.09. The van der Waals surface area contributed by atoms with Crippen LogP contribution in [0.1, 0.15) is 46.8 Å². The number of ether oxygens (including phenoxy) is 2.